The first-order valence-electron chi connectivity index (χ1n) is 8.61. The standard InChI is InChI=1S/C20H23NO4S/c1-19(2)10-14(22)11-20(3,4)21(19)17(23)12-25-18(24)16-9-13-7-5-6-8-15(13)26-16/h5-9H,10-12H2,1-4H3. The first-order valence-corrected chi connectivity index (χ1v) is 9.42. The Bertz CT molecular complexity index is 828. The molecule has 0 unspecified atom stereocenters. The molecule has 0 aliphatic carbocycles. The van der Waals surface area contributed by atoms with Crippen molar-refractivity contribution in [3.63, 3.8) is 0 Å². The molecule has 1 aliphatic rings. The van der Waals surface area contributed by atoms with E-state index in [0.29, 0.717) is 17.7 Å². The van der Waals surface area contributed by atoms with E-state index in [0.717, 1.165) is 10.1 Å². The second-order valence-electron chi connectivity index (χ2n) is 7.97. The van der Waals surface area contributed by atoms with Gasteiger partial charge < -0.3 is 9.64 Å². The average Bonchev–Trinajstić information content (AvgIpc) is 2.93. The third kappa shape index (κ3) is 3.51. The van der Waals surface area contributed by atoms with Crippen LogP contribution in [0.15, 0.2) is 30.3 Å². The van der Waals surface area contributed by atoms with E-state index < -0.39 is 17.0 Å². The summed E-state index contributed by atoms with van der Waals surface area (Å²) < 4.78 is 6.28. The summed E-state index contributed by atoms with van der Waals surface area (Å²) in [5.74, 6) is -0.628. The molecule has 0 saturated carbocycles. The molecule has 0 bridgehead atoms. The SMILES string of the molecule is CC1(C)CC(=O)CC(C)(C)N1C(=O)COC(=O)c1cc2ccccc2s1. The smallest absolute Gasteiger partial charge is 0.348 e. The summed E-state index contributed by atoms with van der Waals surface area (Å²) in [6, 6.07) is 9.48. The molecule has 2 heterocycles. The Morgan fingerprint density at radius 2 is 1.73 bits per heavy atom. The van der Waals surface area contributed by atoms with Crippen LogP contribution in [0.4, 0.5) is 0 Å². The van der Waals surface area contributed by atoms with Gasteiger partial charge in [0.25, 0.3) is 5.91 Å². The summed E-state index contributed by atoms with van der Waals surface area (Å²) in [5.41, 5.74) is -1.19. The molecule has 1 amide bonds. The molecule has 0 N–H and O–H groups in total. The lowest BCUT2D eigenvalue weighted by atomic mass is 9.79. The summed E-state index contributed by atoms with van der Waals surface area (Å²) in [7, 11) is 0. The van der Waals surface area contributed by atoms with Crippen LogP contribution >= 0.6 is 11.3 Å². The van der Waals surface area contributed by atoms with Crippen molar-refractivity contribution in [2.75, 3.05) is 6.61 Å². The summed E-state index contributed by atoms with van der Waals surface area (Å²) in [6.45, 7) is 7.16. The number of ketones is 1. The van der Waals surface area contributed by atoms with Crippen molar-refractivity contribution in [2.24, 2.45) is 0 Å². The molecule has 1 aliphatic heterocycles. The number of thiophene rings is 1. The van der Waals surface area contributed by atoms with Gasteiger partial charge in [0, 0.05) is 28.6 Å². The van der Waals surface area contributed by atoms with Gasteiger partial charge in [0.05, 0.1) is 0 Å². The second-order valence-corrected chi connectivity index (χ2v) is 9.05. The van der Waals surface area contributed by atoms with Crippen molar-refractivity contribution in [1.82, 2.24) is 4.90 Å². The Labute approximate surface area is 156 Å². The number of ether oxygens (including phenoxy) is 1. The molecular formula is C20H23NO4S. The number of amides is 1. The van der Waals surface area contributed by atoms with Gasteiger partial charge in [-0.2, -0.15) is 0 Å². The highest BCUT2D eigenvalue weighted by Gasteiger charge is 2.47. The molecule has 5 nitrogen and oxygen atoms in total. The molecule has 1 aromatic carbocycles. The summed E-state index contributed by atoms with van der Waals surface area (Å²) in [5, 5.41) is 0.979. The van der Waals surface area contributed by atoms with Gasteiger partial charge >= 0.3 is 5.97 Å². The van der Waals surface area contributed by atoms with E-state index in [1.54, 1.807) is 11.0 Å². The Morgan fingerprint density at radius 3 is 2.35 bits per heavy atom. The second kappa shape index (κ2) is 6.50. The number of rotatable bonds is 3. The van der Waals surface area contributed by atoms with Crippen LogP contribution in [0, 0.1) is 0 Å². The van der Waals surface area contributed by atoms with Crippen molar-refractivity contribution in [1.29, 1.82) is 0 Å². The number of fused-ring (bicyclic) bond motifs is 1. The van der Waals surface area contributed by atoms with E-state index in [1.165, 1.54) is 11.3 Å². The number of hydrogen-bond acceptors (Lipinski definition) is 5. The lowest BCUT2D eigenvalue weighted by Gasteiger charge is -2.51. The number of carbonyl (C=O) groups is 3. The van der Waals surface area contributed by atoms with Gasteiger partial charge in [-0.1, -0.05) is 18.2 Å². The fourth-order valence-electron chi connectivity index (χ4n) is 4.03. The summed E-state index contributed by atoms with van der Waals surface area (Å²) >= 11 is 1.35. The van der Waals surface area contributed by atoms with Crippen molar-refractivity contribution < 1.29 is 19.1 Å². The van der Waals surface area contributed by atoms with Crippen LogP contribution in [0.5, 0.6) is 0 Å². The number of hydrogen-bond donors (Lipinski definition) is 0. The average molecular weight is 373 g/mol. The molecule has 2 aromatic rings. The minimum absolute atomic E-state index is 0.145. The molecule has 6 heteroatoms. The van der Waals surface area contributed by atoms with Gasteiger partial charge in [0.15, 0.2) is 6.61 Å². The fraction of sp³-hybridized carbons (Fsp3) is 0.450. The number of Topliss-reactive ketones (excluding diaryl/α,β-unsaturated/α-hetero) is 1. The molecule has 1 saturated heterocycles. The zero-order valence-electron chi connectivity index (χ0n) is 15.5. The van der Waals surface area contributed by atoms with Gasteiger partial charge in [-0.25, -0.2) is 4.79 Å². The fourth-order valence-corrected chi connectivity index (χ4v) is 4.98. The van der Waals surface area contributed by atoms with Crippen molar-refractivity contribution in [3.05, 3.63) is 35.2 Å². The van der Waals surface area contributed by atoms with Crippen molar-refractivity contribution >= 4 is 39.1 Å². The summed E-state index contributed by atoms with van der Waals surface area (Å²) in [4.78, 5) is 39.3. The van der Waals surface area contributed by atoms with Gasteiger partial charge in [-0.05, 0) is 45.2 Å². The molecule has 26 heavy (non-hydrogen) atoms. The molecular weight excluding hydrogens is 350 g/mol. The van der Waals surface area contributed by atoms with Gasteiger partial charge in [0.2, 0.25) is 0 Å². The lowest BCUT2D eigenvalue weighted by Crippen LogP contribution is -2.63. The van der Waals surface area contributed by atoms with E-state index >= 15 is 0 Å². The van der Waals surface area contributed by atoms with E-state index in [4.69, 9.17) is 4.74 Å². The van der Waals surface area contributed by atoms with Crippen LogP contribution in [0.3, 0.4) is 0 Å². The van der Waals surface area contributed by atoms with Crippen LogP contribution < -0.4 is 0 Å². The van der Waals surface area contributed by atoms with Gasteiger partial charge in [0.1, 0.15) is 10.7 Å². The number of nitrogens with zero attached hydrogens (tertiary/aromatic N) is 1. The predicted octanol–water partition coefficient (Wildman–Crippen LogP) is 3.81. The number of benzene rings is 1. The molecule has 3 rings (SSSR count). The minimum atomic E-state index is -0.597. The molecule has 1 fully saturated rings. The van der Waals surface area contributed by atoms with E-state index in [1.807, 2.05) is 52.0 Å². The normalized spacial score (nSPS) is 18.8. The first kappa shape index (κ1) is 18.6. The Hall–Kier alpha value is -2.21. The van der Waals surface area contributed by atoms with Crippen LogP contribution in [-0.4, -0.2) is 40.2 Å². The van der Waals surface area contributed by atoms with E-state index in [2.05, 4.69) is 0 Å². The molecule has 0 atom stereocenters. The van der Waals surface area contributed by atoms with Crippen LogP contribution in [0.1, 0.15) is 50.2 Å². The maximum absolute atomic E-state index is 12.8. The van der Waals surface area contributed by atoms with Gasteiger partial charge in [-0.3, -0.25) is 9.59 Å². The highest BCUT2D eigenvalue weighted by Crippen LogP contribution is 2.36. The predicted molar refractivity (Wildman–Crippen MR) is 101 cm³/mol. The zero-order valence-corrected chi connectivity index (χ0v) is 16.3. The Morgan fingerprint density at radius 1 is 1.12 bits per heavy atom. The third-order valence-electron chi connectivity index (χ3n) is 4.67. The molecule has 0 radical (unpaired) electrons. The number of esters is 1. The topological polar surface area (TPSA) is 63.7 Å². The van der Waals surface area contributed by atoms with Crippen LogP contribution in [-0.2, 0) is 14.3 Å². The number of likely N-dealkylation sites (tertiary alicyclic amines) is 1. The van der Waals surface area contributed by atoms with Crippen molar-refractivity contribution in [3.8, 4) is 0 Å². The lowest BCUT2D eigenvalue weighted by molar-refractivity contribution is -0.156. The van der Waals surface area contributed by atoms with Crippen LogP contribution in [0.25, 0.3) is 10.1 Å². The maximum atomic E-state index is 12.8. The first-order chi connectivity index (χ1) is 12.1. The minimum Gasteiger partial charge on any atom is -0.451 e. The maximum Gasteiger partial charge on any atom is 0.348 e. The quantitative estimate of drug-likeness (QED) is 0.768. The third-order valence-corrected chi connectivity index (χ3v) is 5.77. The highest BCUT2D eigenvalue weighted by molar-refractivity contribution is 7.20. The molecule has 138 valence electrons. The van der Waals surface area contributed by atoms with E-state index in [-0.39, 0.29) is 18.3 Å². The number of piperidine rings is 1. The number of carbonyl (C=O) groups excluding carboxylic acids is 3. The van der Waals surface area contributed by atoms with Crippen LogP contribution in [0.2, 0.25) is 0 Å². The largest absolute Gasteiger partial charge is 0.451 e. The van der Waals surface area contributed by atoms with E-state index in [9.17, 15) is 14.4 Å². The Kier molecular flexibility index (Phi) is 4.65. The highest BCUT2D eigenvalue weighted by atomic mass is 32.1. The zero-order chi connectivity index (χ0) is 19.1. The van der Waals surface area contributed by atoms with Crippen molar-refractivity contribution in [2.45, 2.75) is 51.6 Å². The molecule has 0 spiro atoms. The molecule has 1 aromatic heterocycles. The summed E-state index contributed by atoms with van der Waals surface area (Å²) in [6.07, 6.45) is 0.624. The monoisotopic (exact) mass is 373 g/mol. The van der Waals surface area contributed by atoms with Gasteiger partial charge in [-0.15, -0.1) is 11.3 Å². The Balaban J connectivity index is 1.71.